The lowest BCUT2D eigenvalue weighted by Crippen LogP contribution is -2.19. The Labute approximate surface area is 174 Å². The number of hydrogen-bond acceptors (Lipinski definition) is 6. The van der Waals surface area contributed by atoms with Gasteiger partial charge < -0.3 is 0 Å². The second-order valence-electron chi connectivity index (χ2n) is 7.11. The number of fused-ring (bicyclic) bond motifs is 1. The quantitative estimate of drug-likeness (QED) is 0.501. The van der Waals surface area contributed by atoms with Gasteiger partial charge in [0.1, 0.15) is 6.33 Å². The second-order valence-corrected chi connectivity index (χ2v) is 7.96. The number of thiazole rings is 1. The Kier molecular flexibility index (Phi) is 4.47. The van der Waals surface area contributed by atoms with Crippen LogP contribution in [0.2, 0.25) is 0 Å². The monoisotopic (exact) mass is 423 g/mol. The normalized spacial score (nSPS) is 14.1. The average Bonchev–Trinajstić information content (AvgIpc) is 3.52. The number of pyridine rings is 1. The number of carbonyl (C=O) groups excluding carboxylic acids is 1. The van der Waals surface area contributed by atoms with E-state index in [2.05, 4.69) is 25.3 Å². The third kappa shape index (κ3) is 3.41. The molecule has 1 aliphatic carbocycles. The van der Waals surface area contributed by atoms with E-state index in [4.69, 9.17) is 0 Å². The Bertz CT molecular complexity index is 1240. The van der Waals surface area contributed by atoms with E-state index in [-0.39, 0.29) is 16.7 Å². The van der Waals surface area contributed by atoms with Crippen LogP contribution in [0, 0.1) is 0 Å². The topological polar surface area (TPSA) is 80.7 Å². The predicted molar refractivity (Wildman–Crippen MR) is 109 cm³/mol. The van der Waals surface area contributed by atoms with Crippen LogP contribution in [0.15, 0.2) is 54.6 Å². The largest absolute Gasteiger partial charge is 0.301 e. The molecule has 0 aliphatic heterocycles. The first-order chi connectivity index (χ1) is 14.5. The fourth-order valence-corrected chi connectivity index (χ4v) is 4.04. The van der Waals surface area contributed by atoms with E-state index in [1.165, 1.54) is 36.0 Å². The molecule has 1 aromatic carbocycles. The maximum Gasteiger partial charge on any atom is 0.301 e. The zero-order chi connectivity index (χ0) is 20.7. The standard InChI is InChI=1S/C21H15F2N5OS/c22-21(23,15-8-24-11-25-9-15)14-6-13-2-1-5-26-18(13)16(7-14)19(29)28-20-27-17(10-30-20)12-3-4-12/h1-2,5-12H,3-4H2,(H,27,28,29). The van der Waals surface area contributed by atoms with Gasteiger partial charge in [-0.05, 0) is 31.0 Å². The molecule has 9 heteroatoms. The van der Waals surface area contributed by atoms with Crippen LogP contribution in [0.4, 0.5) is 13.9 Å². The van der Waals surface area contributed by atoms with Gasteiger partial charge in [0.2, 0.25) is 0 Å². The molecule has 0 atom stereocenters. The second kappa shape index (κ2) is 7.17. The third-order valence-electron chi connectivity index (χ3n) is 4.97. The predicted octanol–water partition coefficient (Wildman–Crippen LogP) is 4.75. The van der Waals surface area contributed by atoms with Crippen molar-refractivity contribution >= 4 is 33.3 Å². The van der Waals surface area contributed by atoms with E-state index in [1.54, 1.807) is 12.1 Å². The smallest absolute Gasteiger partial charge is 0.298 e. The van der Waals surface area contributed by atoms with Crippen LogP contribution in [-0.4, -0.2) is 25.8 Å². The lowest BCUT2D eigenvalue weighted by Gasteiger charge is -2.18. The van der Waals surface area contributed by atoms with E-state index in [0.717, 1.165) is 30.9 Å². The molecule has 150 valence electrons. The molecule has 1 N–H and O–H groups in total. The van der Waals surface area contributed by atoms with Crippen molar-refractivity contribution in [3.8, 4) is 0 Å². The van der Waals surface area contributed by atoms with Crippen LogP contribution in [0.25, 0.3) is 10.9 Å². The molecule has 30 heavy (non-hydrogen) atoms. The highest BCUT2D eigenvalue weighted by Gasteiger charge is 2.36. The summed E-state index contributed by atoms with van der Waals surface area (Å²) < 4.78 is 30.3. The number of amides is 1. The van der Waals surface area contributed by atoms with Gasteiger partial charge in [0.05, 0.1) is 22.3 Å². The highest BCUT2D eigenvalue weighted by molar-refractivity contribution is 7.14. The number of anilines is 1. The van der Waals surface area contributed by atoms with Crippen LogP contribution < -0.4 is 5.32 Å². The number of alkyl halides is 2. The van der Waals surface area contributed by atoms with E-state index in [1.807, 2.05) is 5.38 Å². The first-order valence-corrected chi connectivity index (χ1v) is 10.2. The maximum absolute atomic E-state index is 15.1. The van der Waals surface area contributed by atoms with Gasteiger partial charge >= 0.3 is 5.92 Å². The van der Waals surface area contributed by atoms with Gasteiger partial charge in [0.15, 0.2) is 5.13 Å². The Morgan fingerprint density at radius 2 is 1.97 bits per heavy atom. The highest BCUT2D eigenvalue weighted by atomic mass is 32.1. The first kappa shape index (κ1) is 18.7. The number of rotatable bonds is 5. The number of nitrogens with one attached hydrogen (secondary N) is 1. The van der Waals surface area contributed by atoms with Crippen molar-refractivity contribution < 1.29 is 13.6 Å². The van der Waals surface area contributed by atoms with Crippen molar-refractivity contribution in [2.45, 2.75) is 24.7 Å². The number of halogens is 2. The van der Waals surface area contributed by atoms with Crippen LogP contribution in [-0.2, 0) is 5.92 Å². The minimum Gasteiger partial charge on any atom is -0.298 e. The molecule has 1 fully saturated rings. The summed E-state index contributed by atoms with van der Waals surface area (Å²) in [5.74, 6) is -3.44. The zero-order valence-corrected chi connectivity index (χ0v) is 16.4. The molecule has 1 amide bonds. The molecular formula is C21H15F2N5OS. The zero-order valence-electron chi connectivity index (χ0n) is 15.5. The Morgan fingerprint density at radius 1 is 1.17 bits per heavy atom. The third-order valence-corrected chi connectivity index (χ3v) is 5.75. The molecular weight excluding hydrogens is 408 g/mol. The summed E-state index contributed by atoms with van der Waals surface area (Å²) in [6.07, 6.45) is 7.05. The maximum atomic E-state index is 15.1. The molecule has 3 heterocycles. The molecule has 0 radical (unpaired) electrons. The number of benzene rings is 1. The van der Waals surface area contributed by atoms with E-state index < -0.39 is 11.8 Å². The van der Waals surface area contributed by atoms with E-state index in [9.17, 15) is 4.79 Å². The summed E-state index contributed by atoms with van der Waals surface area (Å²) in [5, 5.41) is 5.53. The van der Waals surface area contributed by atoms with Gasteiger partial charge in [0, 0.05) is 40.8 Å². The molecule has 0 unspecified atom stereocenters. The Hall–Kier alpha value is -3.33. The molecule has 5 rings (SSSR count). The number of hydrogen-bond donors (Lipinski definition) is 1. The molecule has 0 spiro atoms. The van der Waals surface area contributed by atoms with Crippen molar-refractivity contribution in [3.63, 3.8) is 0 Å². The number of nitrogens with zero attached hydrogens (tertiary/aromatic N) is 4. The van der Waals surface area contributed by atoms with E-state index in [0.29, 0.717) is 22.0 Å². The van der Waals surface area contributed by atoms with Gasteiger partial charge in [-0.15, -0.1) is 11.3 Å². The highest BCUT2D eigenvalue weighted by Crippen LogP contribution is 2.41. The summed E-state index contributed by atoms with van der Waals surface area (Å²) in [6, 6.07) is 5.79. The SMILES string of the molecule is O=C(Nc1nc(C2CC2)cs1)c1cc(C(F)(F)c2cncnc2)cc2cccnc12. The van der Waals surface area contributed by atoms with Gasteiger partial charge in [-0.3, -0.25) is 15.1 Å². The molecule has 1 saturated carbocycles. The Morgan fingerprint density at radius 3 is 2.73 bits per heavy atom. The van der Waals surface area contributed by atoms with Crippen LogP contribution >= 0.6 is 11.3 Å². The molecule has 4 aromatic rings. The number of aromatic nitrogens is 4. The van der Waals surface area contributed by atoms with Crippen molar-refractivity contribution in [1.29, 1.82) is 0 Å². The first-order valence-electron chi connectivity index (χ1n) is 9.31. The molecule has 1 aliphatic rings. The van der Waals surface area contributed by atoms with Crippen molar-refractivity contribution in [2.75, 3.05) is 5.32 Å². The molecule has 0 bridgehead atoms. The van der Waals surface area contributed by atoms with Crippen LogP contribution in [0.3, 0.4) is 0 Å². The summed E-state index contributed by atoms with van der Waals surface area (Å²) in [5.41, 5.74) is 0.678. The summed E-state index contributed by atoms with van der Waals surface area (Å²) in [6.45, 7) is 0. The van der Waals surface area contributed by atoms with Gasteiger partial charge in [-0.1, -0.05) is 6.07 Å². The molecule has 6 nitrogen and oxygen atoms in total. The van der Waals surface area contributed by atoms with Gasteiger partial charge in [-0.2, -0.15) is 8.78 Å². The van der Waals surface area contributed by atoms with E-state index >= 15 is 8.78 Å². The fraction of sp³-hybridized carbons (Fsp3) is 0.190. The van der Waals surface area contributed by atoms with Crippen molar-refractivity contribution in [1.82, 2.24) is 19.9 Å². The summed E-state index contributed by atoms with van der Waals surface area (Å²) in [4.78, 5) is 29.0. The van der Waals surface area contributed by atoms with Gasteiger partial charge in [0.25, 0.3) is 5.91 Å². The van der Waals surface area contributed by atoms with Crippen LogP contribution in [0.1, 0.15) is 45.9 Å². The number of carbonyl (C=O) groups is 1. The minimum atomic E-state index is -3.37. The van der Waals surface area contributed by atoms with Crippen LogP contribution in [0.5, 0.6) is 0 Å². The fourth-order valence-electron chi connectivity index (χ4n) is 3.25. The van der Waals surface area contributed by atoms with Crippen molar-refractivity contribution in [3.05, 3.63) is 76.9 Å². The lowest BCUT2D eigenvalue weighted by atomic mass is 9.97. The lowest BCUT2D eigenvalue weighted by molar-refractivity contribution is 0.0421. The Balaban J connectivity index is 1.55. The summed E-state index contributed by atoms with van der Waals surface area (Å²) >= 11 is 1.32. The minimum absolute atomic E-state index is 0.0581. The van der Waals surface area contributed by atoms with Gasteiger partial charge in [-0.25, -0.2) is 15.0 Å². The molecule has 3 aromatic heterocycles. The van der Waals surface area contributed by atoms with Crippen molar-refractivity contribution in [2.24, 2.45) is 0 Å². The summed E-state index contributed by atoms with van der Waals surface area (Å²) in [7, 11) is 0. The average molecular weight is 423 g/mol. The molecule has 0 saturated heterocycles.